The van der Waals surface area contributed by atoms with Crippen molar-refractivity contribution in [2.45, 2.75) is 43.7 Å². The van der Waals surface area contributed by atoms with Gasteiger partial charge in [-0.15, -0.1) is 0 Å². The number of rotatable bonds is 8. The highest BCUT2D eigenvalue weighted by Gasteiger charge is 2.50. The van der Waals surface area contributed by atoms with E-state index in [4.69, 9.17) is 23.7 Å². The second-order valence-electron chi connectivity index (χ2n) is 9.59. The van der Waals surface area contributed by atoms with Crippen molar-refractivity contribution in [2.24, 2.45) is 5.92 Å². The van der Waals surface area contributed by atoms with Crippen LogP contribution in [0.5, 0.6) is 28.7 Å². The first kappa shape index (κ1) is 26.7. The van der Waals surface area contributed by atoms with Crippen LogP contribution in [-0.2, 0) is 4.79 Å². The minimum atomic E-state index is -0.784. The minimum absolute atomic E-state index is 0.0633. The Morgan fingerprint density at radius 2 is 1.57 bits per heavy atom. The quantitative estimate of drug-likeness (QED) is 0.517. The van der Waals surface area contributed by atoms with Crippen LogP contribution in [0.1, 0.15) is 49.3 Å². The predicted molar refractivity (Wildman–Crippen MR) is 141 cm³/mol. The van der Waals surface area contributed by atoms with E-state index in [1.165, 1.54) is 0 Å². The zero-order valence-corrected chi connectivity index (χ0v) is 22.3. The van der Waals surface area contributed by atoms with Crippen LogP contribution in [0, 0.1) is 5.92 Å². The van der Waals surface area contributed by atoms with Gasteiger partial charge in [0.05, 0.1) is 47.2 Å². The highest BCUT2D eigenvalue weighted by atomic mass is 16.5. The van der Waals surface area contributed by atoms with Crippen molar-refractivity contribution in [1.29, 1.82) is 0 Å². The number of ether oxygens (including phenoxy) is 5. The number of aliphatic hydroxyl groups is 1. The minimum Gasteiger partial charge on any atom is -0.493 e. The number of amides is 1. The van der Waals surface area contributed by atoms with Gasteiger partial charge in [0.15, 0.2) is 23.0 Å². The number of benzene rings is 2. The molecule has 200 valence electrons. The Balaban J connectivity index is 1.69. The van der Waals surface area contributed by atoms with E-state index in [1.807, 2.05) is 23.1 Å². The van der Waals surface area contributed by atoms with Crippen LogP contribution in [0.25, 0.3) is 6.08 Å². The average Bonchev–Trinajstić information content (AvgIpc) is 2.93. The van der Waals surface area contributed by atoms with Crippen LogP contribution in [0.2, 0.25) is 0 Å². The molecule has 1 amide bonds. The molecule has 0 radical (unpaired) electrons. The number of likely N-dealkylation sites (tertiary alicyclic amines) is 1. The fraction of sp³-hybridized carbons (Fsp3) is 0.483. The van der Waals surface area contributed by atoms with Crippen LogP contribution >= 0.6 is 0 Å². The summed E-state index contributed by atoms with van der Waals surface area (Å²) in [4.78, 5) is 15.5. The topological polar surface area (TPSA) is 86.7 Å². The van der Waals surface area contributed by atoms with E-state index in [-0.39, 0.29) is 17.9 Å². The molecular weight excluding hydrogens is 474 g/mol. The van der Waals surface area contributed by atoms with Crippen LogP contribution in [0.4, 0.5) is 0 Å². The molecule has 2 aliphatic rings. The summed E-state index contributed by atoms with van der Waals surface area (Å²) in [5, 5.41) is 11.6. The maximum Gasteiger partial charge on any atom is 0.247 e. The van der Waals surface area contributed by atoms with Gasteiger partial charge >= 0.3 is 0 Å². The molecule has 3 atom stereocenters. The third kappa shape index (κ3) is 5.21. The Labute approximate surface area is 218 Å². The van der Waals surface area contributed by atoms with E-state index in [9.17, 15) is 9.90 Å². The third-order valence-corrected chi connectivity index (χ3v) is 7.71. The summed E-state index contributed by atoms with van der Waals surface area (Å²) in [5.74, 6) is 2.57. The first-order chi connectivity index (χ1) is 17.9. The molecule has 2 fully saturated rings. The molecule has 8 nitrogen and oxygen atoms in total. The molecule has 0 aromatic heterocycles. The Hall–Kier alpha value is -3.39. The summed E-state index contributed by atoms with van der Waals surface area (Å²) in [6.07, 6.45) is 7.52. The standard InChI is InChI=1S/C29H37NO7/c1-33-22-11-10-20(18-23(22)34-2)27-21-8-6-7-13-29(21,32)14-15-30(27)26(31)12-9-19-16-24(35-3)28(37-5)25(17-19)36-4/h9-12,16-18,21,27,32H,6-8,13-15H2,1-5H3/b12-9+/t21-,27+,29-/m1/s1. The fourth-order valence-electron chi connectivity index (χ4n) is 5.84. The molecule has 1 heterocycles. The largest absolute Gasteiger partial charge is 0.493 e. The smallest absolute Gasteiger partial charge is 0.247 e. The zero-order valence-electron chi connectivity index (χ0n) is 22.3. The summed E-state index contributed by atoms with van der Waals surface area (Å²) in [6.45, 7) is 0.463. The second-order valence-corrected chi connectivity index (χ2v) is 9.59. The molecule has 37 heavy (non-hydrogen) atoms. The highest BCUT2D eigenvalue weighted by Crippen LogP contribution is 2.50. The number of hydrogen-bond acceptors (Lipinski definition) is 7. The fourth-order valence-corrected chi connectivity index (χ4v) is 5.84. The molecular formula is C29H37NO7. The summed E-state index contributed by atoms with van der Waals surface area (Å²) < 4.78 is 27.3. The predicted octanol–water partition coefficient (Wildman–Crippen LogP) is 4.64. The van der Waals surface area contributed by atoms with E-state index in [0.29, 0.717) is 41.7 Å². The molecule has 8 heteroatoms. The van der Waals surface area contributed by atoms with Crippen molar-refractivity contribution in [2.75, 3.05) is 42.1 Å². The summed E-state index contributed by atoms with van der Waals surface area (Å²) >= 11 is 0. The first-order valence-corrected chi connectivity index (χ1v) is 12.6. The van der Waals surface area contributed by atoms with E-state index >= 15 is 0 Å². The van der Waals surface area contributed by atoms with Gasteiger partial charge < -0.3 is 33.7 Å². The molecule has 0 spiro atoms. The van der Waals surface area contributed by atoms with Crippen molar-refractivity contribution in [3.05, 3.63) is 47.5 Å². The van der Waals surface area contributed by atoms with Gasteiger partial charge in [-0.2, -0.15) is 0 Å². The Bertz CT molecular complexity index is 1120. The van der Waals surface area contributed by atoms with Gasteiger partial charge in [0.1, 0.15) is 0 Å². The lowest BCUT2D eigenvalue weighted by Gasteiger charge is -2.52. The number of carbonyl (C=O) groups is 1. The Morgan fingerprint density at radius 3 is 2.19 bits per heavy atom. The van der Waals surface area contributed by atoms with Gasteiger partial charge in [-0.25, -0.2) is 0 Å². The van der Waals surface area contributed by atoms with E-state index in [0.717, 1.165) is 36.8 Å². The maximum atomic E-state index is 13.7. The molecule has 2 aromatic carbocycles. The Kier molecular flexibility index (Phi) is 8.17. The van der Waals surface area contributed by atoms with Crippen molar-refractivity contribution in [3.8, 4) is 28.7 Å². The van der Waals surface area contributed by atoms with Gasteiger partial charge in [-0.05, 0) is 60.7 Å². The molecule has 1 aliphatic carbocycles. The lowest BCUT2D eigenvalue weighted by molar-refractivity contribution is -0.150. The molecule has 0 bridgehead atoms. The number of fused-ring (bicyclic) bond motifs is 1. The van der Waals surface area contributed by atoms with E-state index in [2.05, 4.69) is 0 Å². The van der Waals surface area contributed by atoms with E-state index < -0.39 is 5.60 Å². The summed E-state index contributed by atoms with van der Waals surface area (Å²) in [6, 6.07) is 9.07. The third-order valence-electron chi connectivity index (χ3n) is 7.71. The van der Waals surface area contributed by atoms with Crippen LogP contribution < -0.4 is 23.7 Å². The van der Waals surface area contributed by atoms with Gasteiger partial charge in [-0.1, -0.05) is 18.9 Å². The molecule has 0 unspecified atom stereocenters. The van der Waals surface area contributed by atoms with Crippen molar-refractivity contribution >= 4 is 12.0 Å². The molecule has 4 rings (SSSR count). The summed E-state index contributed by atoms with van der Waals surface area (Å²) in [5.41, 5.74) is 0.890. The summed E-state index contributed by atoms with van der Waals surface area (Å²) in [7, 11) is 7.87. The van der Waals surface area contributed by atoms with Gasteiger partial charge in [-0.3, -0.25) is 4.79 Å². The number of carbonyl (C=O) groups excluding carboxylic acids is 1. The Morgan fingerprint density at radius 1 is 0.892 bits per heavy atom. The number of nitrogens with zero attached hydrogens (tertiary/aromatic N) is 1. The molecule has 1 N–H and O–H groups in total. The van der Waals surface area contributed by atoms with Gasteiger partial charge in [0, 0.05) is 18.5 Å². The van der Waals surface area contributed by atoms with Crippen molar-refractivity contribution in [3.63, 3.8) is 0 Å². The maximum absolute atomic E-state index is 13.7. The van der Waals surface area contributed by atoms with Crippen LogP contribution in [0.15, 0.2) is 36.4 Å². The van der Waals surface area contributed by atoms with Crippen LogP contribution in [0.3, 0.4) is 0 Å². The van der Waals surface area contributed by atoms with Crippen molar-refractivity contribution in [1.82, 2.24) is 4.90 Å². The molecule has 2 aromatic rings. The number of piperidine rings is 1. The van der Waals surface area contributed by atoms with E-state index in [1.54, 1.807) is 59.8 Å². The molecule has 1 aliphatic heterocycles. The molecule has 1 saturated heterocycles. The normalized spacial score (nSPS) is 23.4. The lowest BCUT2D eigenvalue weighted by atomic mass is 9.66. The zero-order chi connectivity index (χ0) is 26.6. The highest BCUT2D eigenvalue weighted by molar-refractivity contribution is 5.92. The average molecular weight is 512 g/mol. The van der Waals surface area contributed by atoms with Gasteiger partial charge in [0.25, 0.3) is 0 Å². The van der Waals surface area contributed by atoms with Gasteiger partial charge in [0.2, 0.25) is 11.7 Å². The monoisotopic (exact) mass is 511 g/mol. The SMILES string of the molecule is COc1ccc([C@H]2[C@H]3CCCC[C@@]3(O)CCN2C(=O)/C=C/c2cc(OC)c(OC)c(OC)c2)cc1OC. The first-order valence-electron chi connectivity index (χ1n) is 12.6. The molecule has 1 saturated carbocycles. The number of hydrogen-bond donors (Lipinski definition) is 1. The van der Waals surface area contributed by atoms with Crippen molar-refractivity contribution < 1.29 is 33.6 Å². The lowest BCUT2D eigenvalue weighted by Crippen LogP contribution is -2.56. The second kappa shape index (κ2) is 11.3. The number of methoxy groups -OCH3 is 5. The van der Waals surface area contributed by atoms with Crippen LogP contribution in [-0.4, -0.2) is 63.6 Å².